The van der Waals surface area contributed by atoms with E-state index in [1.807, 2.05) is 18.2 Å². The average molecular weight is 489 g/mol. The van der Waals surface area contributed by atoms with E-state index in [0.29, 0.717) is 5.75 Å². The number of pyridine rings is 1. The maximum absolute atomic E-state index is 12.8. The Morgan fingerprint density at radius 2 is 1.81 bits per heavy atom. The third kappa shape index (κ3) is 4.79. The molecule has 4 aromatic rings. The van der Waals surface area contributed by atoms with Gasteiger partial charge in [0.05, 0.1) is 27.9 Å². The van der Waals surface area contributed by atoms with E-state index in [-0.39, 0.29) is 21.8 Å². The number of rotatable bonds is 7. The van der Waals surface area contributed by atoms with Crippen LogP contribution in [-0.2, 0) is 10.0 Å². The van der Waals surface area contributed by atoms with Crippen LogP contribution in [-0.4, -0.2) is 31.5 Å². The molecule has 0 atom stereocenters. The zero-order chi connectivity index (χ0) is 22.9. The lowest BCUT2D eigenvalue weighted by Crippen LogP contribution is -2.13. The van der Waals surface area contributed by atoms with E-state index in [2.05, 4.69) is 33.9 Å². The fourth-order valence-corrected chi connectivity index (χ4v) is 5.36. The highest BCUT2D eigenvalue weighted by Crippen LogP contribution is 2.33. The van der Waals surface area contributed by atoms with Crippen LogP contribution in [0.2, 0.25) is 5.15 Å². The Morgan fingerprint density at radius 3 is 2.50 bits per heavy atom. The first-order valence-electron chi connectivity index (χ1n) is 9.75. The Kier molecular flexibility index (Phi) is 6.23. The zero-order valence-electron chi connectivity index (χ0n) is 17.6. The maximum Gasteiger partial charge on any atom is 0.261 e. The Bertz CT molecular complexity index is 1370. The second-order valence-electron chi connectivity index (χ2n) is 7.34. The van der Waals surface area contributed by atoms with Gasteiger partial charge in [0.2, 0.25) is 0 Å². The van der Waals surface area contributed by atoms with Crippen molar-refractivity contribution in [2.45, 2.75) is 24.8 Å². The molecule has 0 aliphatic carbocycles. The van der Waals surface area contributed by atoms with Gasteiger partial charge in [0.25, 0.3) is 10.0 Å². The smallest absolute Gasteiger partial charge is 0.261 e. The van der Waals surface area contributed by atoms with E-state index in [0.717, 1.165) is 26.5 Å². The van der Waals surface area contributed by atoms with Gasteiger partial charge in [0.15, 0.2) is 10.3 Å². The lowest BCUT2D eigenvalue weighted by Gasteiger charge is -2.11. The summed E-state index contributed by atoms with van der Waals surface area (Å²) in [6, 6.07) is 13.9. The molecule has 166 valence electrons. The highest BCUT2D eigenvalue weighted by atomic mass is 35.5. The van der Waals surface area contributed by atoms with Gasteiger partial charge < -0.3 is 10.1 Å². The number of halogens is 1. The van der Waals surface area contributed by atoms with Crippen molar-refractivity contribution in [1.82, 2.24) is 9.97 Å². The predicted molar refractivity (Wildman–Crippen MR) is 130 cm³/mol. The van der Waals surface area contributed by atoms with Crippen LogP contribution in [0.15, 0.2) is 59.6 Å². The Balaban J connectivity index is 1.64. The SMILES string of the molecule is COc1ccc(S(=O)(=O)Nc2cc(-c3ccc4nc(NC(C)C)sc4c3)cnc2Cl)cc1. The standard InChI is InChI=1S/C22H21ClN4O3S2/c1-13(2)25-22-26-18-9-4-14(11-20(18)31-22)15-10-19(21(23)24-12-15)27-32(28,29)17-7-5-16(30-3)6-8-17/h4-13,27H,1-3H3,(H,25,26). The Hall–Kier alpha value is -2.88. The predicted octanol–water partition coefficient (Wildman–Crippen LogP) is 5.64. The number of hydrogen-bond acceptors (Lipinski definition) is 7. The molecular formula is C22H21ClN4O3S2. The largest absolute Gasteiger partial charge is 0.497 e. The summed E-state index contributed by atoms with van der Waals surface area (Å²) in [6.07, 6.45) is 1.61. The third-order valence-electron chi connectivity index (χ3n) is 4.59. The molecule has 0 fully saturated rings. The van der Waals surface area contributed by atoms with Crippen LogP contribution in [0.25, 0.3) is 21.3 Å². The molecule has 2 N–H and O–H groups in total. The van der Waals surface area contributed by atoms with Crippen molar-refractivity contribution in [2.75, 3.05) is 17.1 Å². The molecule has 0 saturated carbocycles. The van der Waals surface area contributed by atoms with Crippen LogP contribution in [0.4, 0.5) is 10.8 Å². The molecule has 32 heavy (non-hydrogen) atoms. The van der Waals surface area contributed by atoms with E-state index in [9.17, 15) is 8.42 Å². The van der Waals surface area contributed by atoms with Crippen molar-refractivity contribution in [3.63, 3.8) is 0 Å². The number of aromatic nitrogens is 2. The van der Waals surface area contributed by atoms with E-state index in [1.54, 1.807) is 35.7 Å². The summed E-state index contributed by atoms with van der Waals surface area (Å²) in [4.78, 5) is 8.86. The van der Waals surface area contributed by atoms with Crippen LogP contribution in [0.3, 0.4) is 0 Å². The highest BCUT2D eigenvalue weighted by Gasteiger charge is 2.17. The number of nitrogens with one attached hydrogen (secondary N) is 2. The van der Waals surface area contributed by atoms with Crippen LogP contribution < -0.4 is 14.8 Å². The number of benzene rings is 2. The number of fused-ring (bicyclic) bond motifs is 1. The fourth-order valence-electron chi connectivity index (χ4n) is 3.05. The summed E-state index contributed by atoms with van der Waals surface area (Å²) in [5.74, 6) is 0.566. The topological polar surface area (TPSA) is 93.2 Å². The van der Waals surface area contributed by atoms with Crippen LogP contribution >= 0.6 is 22.9 Å². The molecule has 2 heterocycles. The summed E-state index contributed by atoms with van der Waals surface area (Å²) in [5, 5.41) is 4.23. The molecule has 0 amide bonds. The van der Waals surface area contributed by atoms with E-state index >= 15 is 0 Å². The van der Waals surface area contributed by atoms with Crippen molar-refractivity contribution in [3.05, 3.63) is 59.9 Å². The van der Waals surface area contributed by atoms with Crippen molar-refractivity contribution >= 4 is 54.0 Å². The number of hydrogen-bond donors (Lipinski definition) is 2. The average Bonchev–Trinajstić information content (AvgIpc) is 3.16. The quantitative estimate of drug-likeness (QED) is 0.327. The minimum Gasteiger partial charge on any atom is -0.497 e. The maximum atomic E-state index is 12.8. The molecule has 0 radical (unpaired) electrons. The Labute approximate surface area is 195 Å². The van der Waals surface area contributed by atoms with Crippen LogP contribution in [0.1, 0.15) is 13.8 Å². The molecule has 0 saturated heterocycles. The minimum atomic E-state index is -3.85. The highest BCUT2D eigenvalue weighted by molar-refractivity contribution is 7.92. The third-order valence-corrected chi connectivity index (χ3v) is 7.22. The summed E-state index contributed by atoms with van der Waals surface area (Å²) < 4.78 is 34.3. The van der Waals surface area contributed by atoms with E-state index in [4.69, 9.17) is 16.3 Å². The summed E-state index contributed by atoms with van der Waals surface area (Å²) in [6.45, 7) is 4.12. The van der Waals surface area contributed by atoms with Gasteiger partial charge in [-0.15, -0.1) is 0 Å². The van der Waals surface area contributed by atoms with Crippen molar-refractivity contribution in [3.8, 4) is 16.9 Å². The van der Waals surface area contributed by atoms with Gasteiger partial charge in [-0.05, 0) is 61.9 Å². The van der Waals surface area contributed by atoms with Gasteiger partial charge in [-0.2, -0.15) is 0 Å². The van der Waals surface area contributed by atoms with Gasteiger partial charge in [-0.1, -0.05) is 29.0 Å². The van der Waals surface area contributed by atoms with Gasteiger partial charge in [-0.25, -0.2) is 18.4 Å². The second kappa shape index (κ2) is 8.93. The van der Waals surface area contributed by atoms with E-state index < -0.39 is 10.0 Å². The molecule has 0 bridgehead atoms. The number of thiazole rings is 1. The molecular weight excluding hydrogens is 468 g/mol. The lowest BCUT2D eigenvalue weighted by molar-refractivity contribution is 0.414. The first-order chi connectivity index (χ1) is 15.2. The summed E-state index contributed by atoms with van der Waals surface area (Å²) in [7, 11) is -2.33. The van der Waals surface area contributed by atoms with Crippen LogP contribution in [0.5, 0.6) is 5.75 Å². The zero-order valence-corrected chi connectivity index (χ0v) is 20.0. The molecule has 2 aromatic heterocycles. The first kappa shape index (κ1) is 22.3. The van der Waals surface area contributed by atoms with Gasteiger partial charge in [-0.3, -0.25) is 4.72 Å². The molecule has 0 unspecified atom stereocenters. The van der Waals surface area contributed by atoms with Crippen molar-refractivity contribution < 1.29 is 13.2 Å². The molecule has 2 aromatic carbocycles. The van der Waals surface area contributed by atoms with Gasteiger partial charge in [0.1, 0.15) is 5.75 Å². The number of methoxy groups -OCH3 is 1. The summed E-state index contributed by atoms with van der Waals surface area (Å²) in [5.41, 5.74) is 2.71. The second-order valence-corrected chi connectivity index (χ2v) is 10.4. The lowest BCUT2D eigenvalue weighted by atomic mass is 10.1. The number of ether oxygens (including phenoxy) is 1. The molecule has 7 nitrogen and oxygen atoms in total. The summed E-state index contributed by atoms with van der Waals surface area (Å²) >= 11 is 7.76. The van der Waals surface area contributed by atoms with Crippen molar-refractivity contribution in [2.24, 2.45) is 0 Å². The molecule has 0 aliphatic rings. The Morgan fingerprint density at radius 1 is 1.06 bits per heavy atom. The molecule has 10 heteroatoms. The minimum absolute atomic E-state index is 0.0631. The van der Waals surface area contributed by atoms with Gasteiger partial charge in [0, 0.05) is 17.8 Å². The number of anilines is 2. The number of nitrogens with zero attached hydrogens (tertiary/aromatic N) is 2. The molecule has 4 rings (SSSR count). The van der Waals surface area contributed by atoms with Gasteiger partial charge >= 0.3 is 0 Å². The first-order valence-corrected chi connectivity index (χ1v) is 12.4. The van der Waals surface area contributed by atoms with Crippen LogP contribution in [0, 0.1) is 0 Å². The molecule has 0 aliphatic heterocycles. The van der Waals surface area contributed by atoms with Crippen molar-refractivity contribution in [1.29, 1.82) is 0 Å². The fraction of sp³-hybridized carbons (Fsp3) is 0.182. The molecule has 0 spiro atoms. The monoisotopic (exact) mass is 488 g/mol. The normalized spacial score (nSPS) is 11.7. The van der Waals surface area contributed by atoms with E-state index in [1.165, 1.54) is 19.2 Å². The number of sulfonamides is 1.